The van der Waals surface area contributed by atoms with Gasteiger partial charge in [-0.3, -0.25) is 9.52 Å². The highest BCUT2D eigenvalue weighted by molar-refractivity contribution is 7.92. The number of carbonyl (C=O) groups is 1. The topological polar surface area (TPSA) is 114 Å². The molecule has 3 aromatic carbocycles. The van der Waals surface area contributed by atoms with Crippen LogP contribution in [0.2, 0.25) is 0 Å². The molecule has 4 aromatic rings. The van der Waals surface area contributed by atoms with Crippen molar-refractivity contribution in [2.75, 3.05) is 4.72 Å². The van der Waals surface area contributed by atoms with E-state index in [9.17, 15) is 13.2 Å². The van der Waals surface area contributed by atoms with Gasteiger partial charge in [0.05, 0.1) is 22.7 Å². The minimum atomic E-state index is -3.85. The summed E-state index contributed by atoms with van der Waals surface area (Å²) in [6.45, 7) is 1.87. The molecule has 0 radical (unpaired) electrons. The maximum atomic E-state index is 12.7. The second-order valence-corrected chi connectivity index (χ2v) is 8.71. The number of sulfonamides is 1. The smallest absolute Gasteiger partial charge is 0.261 e. The highest BCUT2D eigenvalue weighted by Crippen LogP contribution is 2.21. The Balaban J connectivity index is 1.47. The number of nitrogens with zero attached hydrogens (tertiary/aromatic N) is 2. The van der Waals surface area contributed by atoms with Crippen LogP contribution >= 0.6 is 0 Å². The molecule has 0 spiro atoms. The van der Waals surface area contributed by atoms with Gasteiger partial charge in [0.2, 0.25) is 11.7 Å². The molecule has 4 rings (SSSR count). The number of para-hydroxylation sites is 1. The van der Waals surface area contributed by atoms with Crippen molar-refractivity contribution < 1.29 is 17.7 Å². The standard InChI is InChI=1S/C23H20N4O4S/c1-16-11-13-18(14-12-16)32(29,30)27-20-10-6-5-9-19(20)23(28)24-15-21-25-22(26-31-21)17-7-3-2-4-8-17/h2-14,27H,15H2,1H3,(H,24,28). The molecule has 0 saturated heterocycles. The molecule has 0 aliphatic carbocycles. The van der Waals surface area contributed by atoms with Gasteiger partial charge >= 0.3 is 0 Å². The summed E-state index contributed by atoms with van der Waals surface area (Å²) < 4.78 is 33.1. The first-order valence-corrected chi connectivity index (χ1v) is 11.3. The van der Waals surface area contributed by atoms with Gasteiger partial charge in [0, 0.05) is 5.56 Å². The second-order valence-electron chi connectivity index (χ2n) is 7.02. The van der Waals surface area contributed by atoms with Gasteiger partial charge in [-0.15, -0.1) is 0 Å². The molecule has 0 saturated carbocycles. The molecule has 1 heterocycles. The van der Waals surface area contributed by atoms with Gasteiger partial charge < -0.3 is 9.84 Å². The van der Waals surface area contributed by atoms with Gasteiger partial charge in [0.1, 0.15) is 0 Å². The van der Waals surface area contributed by atoms with Crippen LogP contribution in [0.4, 0.5) is 5.69 Å². The summed E-state index contributed by atoms with van der Waals surface area (Å²) in [5.74, 6) is 0.169. The molecule has 0 fully saturated rings. The third-order valence-corrected chi connectivity index (χ3v) is 6.03. The van der Waals surface area contributed by atoms with E-state index in [0.717, 1.165) is 11.1 Å². The Labute approximate surface area is 185 Å². The average Bonchev–Trinajstić information content (AvgIpc) is 3.28. The fourth-order valence-electron chi connectivity index (χ4n) is 2.97. The van der Waals surface area contributed by atoms with E-state index in [1.165, 1.54) is 24.3 Å². The molecule has 9 heteroatoms. The first kappa shape index (κ1) is 21.3. The largest absolute Gasteiger partial charge is 0.343 e. The summed E-state index contributed by atoms with van der Waals surface area (Å²) in [6.07, 6.45) is 0. The van der Waals surface area contributed by atoms with Gasteiger partial charge in [-0.05, 0) is 31.2 Å². The van der Waals surface area contributed by atoms with E-state index in [1.54, 1.807) is 24.3 Å². The Hall–Kier alpha value is -3.98. The van der Waals surface area contributed by atoms with Crippen LogP contribution in [-0.2, 0) is 16.6 Å². The van der Waals surface area contributed by atoms with Crippen molar-refractivity contribution in [3.05, 3.63) is 95.9 Å². The fraction of sp³-hybridized carbons (Fsp3) is 0.0870. The molecule has 0 aliphatic heterocycles. The van der Waals surface area contributed by atoms with Gasteiger partial charge in [-0.25, -0.2) is 8.42 Å². The van der Waals surface area contributed by atoms with Crippen molar-refractivity contribution in [1.29, 1.82) is 0 Å². The summed E-state index contributed by atoms with van der Waals surface area (Å²) in [4.78, 5) is 17.1. The number of amides is 1. The molecule has 0 atom stereocenters. The van der Waals surface area contributed by atoms with Crippen molar-refractivity contribution in [1.82, 2.24) is 15.5 Å². The summed E-state index contributed by atoms with van der Waals surface area (Å²) in [7, 11) is -3.85. The van der Waals surface area contributed by atoms with E-state index in [4.69, 9.17) is 4.52 Å². The predicted molar refractivity (Wildman–Crippen MR) is 119 cm³/mol. The molecule has 0 unspecified atom stereocenters. The Morgan fingerprint density at radius 2 is 1.62 bits per heavy atom. The maximum absolute atomic E-state index is 12.7. The number of rotatable bonds is 7. The van der Waals surface area contributed by atoms with Crippen molar-refractivity contribution >= 4 is 21.6 Å². The molecule has 162 valence electrons. The summed E-state index contributed by atoms with van der Waals surface area (Å²) >= 11 is 0. The van der Waals surface area contributed by atoms with Crippen molar-refractivity contribution in [3.63, 3.8) is 0 Å². The summed E-state index contributed by atoms with van der Waals surface area (Å²) in [5.41, 5.74) is 2.08. The van der Waals surface area contributed by atoms with Crippen LogP contribution in [0, 0.1) is 6.92 Å². The van der Waals surface area contributed by atoms with E-state index < -0.39 is 15.9 Å². The number of aryl methyl sites for hydroxylation is 1. The van der Waals surface area contributed by atoms with Crippen LogP contribution in [0.5, 0.6) is 0 Å². The number of carbonyl (C=O) groups excluding carboxylic acids is 1. The minimum Gasteiger partial charge on any atom is -0.343 e. The minimum absolute atomic E-state index is 0.00227. The van der Waals surface area contributed by atoms with E-state index in [1.807, 2.05) is 37.3 Å². The zero-order valence-corrected chi connectivity index (χ0v) is 18.0. The lowest BCUT2D eigenvalue weighted by Crippen LogP contribution is -2.25. The summed E-state index contributed by atoms with van der Waals surface area (Å²) in [5, 5.41) is 6.60. The Bertz CT molecular complexity index is 1330. The molecule has 1 aromatic heterocycles. The van der Waals surface area contributed by atoms with Crippen LogP contribution in [0.25, 0.3) is 11.4 Å². The highest BCUT2D eigenvalue weighted by Gasteiger charge is 2.19. The molecule has 2 N–H and O–H groups in total. The van der Waals surface area contributed by atoms with Crippen LogP contribution in [0.15, 0.2) is 88.3 Å². The lowest BCUT2D eigenvalue weighted by atomic mass is 10.1. The average molecular weight is 449 g/mol. The monoisotopic (exact) mass is 448 g/mol. The first-order chi connectivity index (χ1) is 15.4. The zero-order valence-electron chi connectivity index (χ0n) is 17.1. The molecule has 0 aliphatic rings. The number of nitrogens with one attached hydrogen (secondary N) is 2. The van der Waals surface area contributed by atoms with Crippen LogP contribution in [-0.4, -0.2) is 24.5 Å². The number of aromatic nitrogens is 2. The molecule has 0 bridgehead atoms. The van der Waals surface area contributed by atoms with E-state index >= 15 is 0 Å². The van der Waals surface area contributed by atoms with Crippen LogP contribution < -0.4 is 10.0 Å². The number of hydrogen-bond donors (Lipinski definition) is 2. The lowest BCUT2D eigenvalue weighted by Gasteiger charge is -2.12. The molecule has 8 nitrogen and oxygen atoms in total. The van der Waals surface area contributed by atoms with Crippen molar-refractivity contribution in [2.24, 2.45) is 0 Å². The normalized spacial score (nSPS) is 11.2. The van der Waals surface area contributed by atoms with Crippen molar-refractivity contribution in [2.45, 2.75) is 18.4 Å². The lowest BCUT2D eigenvalue weighted by molar-refractivity contribution is 0.0947. The third-order valence-electron chi connectivity index (χ3n) is 4.65. The van der Waals surface area contributed by atoms with Gasteiger partial charge in [-0.2, -0.15) is 4.98 Å². The van der Waals surface area contributed by atoms with Crippen molar-refractivity contribution in [3.8, 4) is 11.4 Å². The number of anilines is 1. The SMILES string of the molecule is Cc1ccc(S(=O)(=O)Nc2ccccc2C(=O)NCc2nc(-c3ccccc3)no2)cc1. The van der Waals surface area contributed by atoms with E-state index in [2.05, 4.69) is 20.2 Å². The Morgan fingerprint density at radius 3 is 2.38 bits per heavy atom. The fourth-order valence-corrected chi connectivity index (χ4v) is 4.05. The zero-order chi connectivity index (χ0) is 22.6. The Kier molecular flexibility index (Phi) is 6.00. The van der Waals surface area contributed by atoms with Crippen LogP contribution in [0.1, 0.15) is 21.8 Å². The van der Waals surface area contributed by atoms with E-state index in [0.29, 0.717) is 5.82 Å². The number of hydrogen-bond acceptors (Lipinski definition) is 6. The number of benzene rings is 3. The second kappa shape index (κ2) is 9.03. The predicted octanol–water partition coefficient (Wildman–Crippen LogP) is 3.78. The highest BCUT2D eigenvalue weighted by atomic mass is 32.2. The quantitative estimate of drug-likeness (QED) is 0.445. The third kappa shape index (κ3) is 4.84. The summed E-state index contributed by atoms with van der Waals surface area (Å²) in [6, 6.07) is 22.1. The van der Waals surface area contributed by atoms with Gasteiger partial charge in [0.25, 0.3) is 15.9 Å². The molecular weight excluding hydrogens is 428 g/mol. The van der Waals surface area contributed by atoms with Gasteiger partial charge in [0.15, 0.2) is 0 Å². The molecule has 1 amide bonds. The van der Waals surface area contributed by atoms with Gasteiger partial charge in [-0.1, -0.05) is 65.3 Å². The maximum Gasteiger partial charge on any atom is 0.261 e. The molecule has 32 heavy (non-hydrogen) atoms. The molecular formula is C23H20N4O4S. The Morgan fingerprint density at radius 1 is 0.938 bits per heavy atom. The first-order valence-electron chi connectivity index (χ1n) is 9.77. The van der Waals surface area contributed by atoms with Crippen LogP contribution in [0.3, 0.4) is 0 Å². The van der Waals surface area contributed by atoms with E-state index in [-0.39, 0.29) is 28.6 Å².